The fraction of sp³-hybridized carbons (Fsp3) is 0.0500. The third kappa shape index (κ3) is 2.64. The highest BCUT2D eigenvalue weighted by Crippen LogP contribution is 2.28. The summed E-state index contributed by atoms with van der Waals surface area (Å²) in [5, 5.41) is 0.766. The standard InChI is InChI=1S/C20H15NO4S/c1-14-2-6-18(7-3-14)26(23,24)21-11-10-15-12-16(4-8-19(15)21)20-9-5-17(13-22)25-20/h2-13H,1H3. The minimum absolute atomic E-state index is 0.242. The number of hydrogen-bond acceptors (Lipinski definition) is 4. The fourth-order valence-corrected chi connectivity index (χ4v) is 4.23. The minimum Gasteiger partial charge on any atom is -0.453 e. The number of carbonyl (C=O) groups excluding carboxylic acids is 1. The second-order valence-electron chi connectivity index (χ2n) is 6.02. The van der Waals surface area contributed by atoms with E-state index in [4.69, 9.17) is 4.42 Å². The molecule has 6 heteroatoms. The summed E-state index contributed by atoms with van der Waals surface area (Å²) < 4.78 is 32.5. The summed E-state index contributed by atoms with van der Waals surface area (Å²) >= 11 is 0. The van der Waals surface area contributed by atoms with Gasteiger partial charge in [0, 0.05) is 17.1 Å². The van der Waals surface area contributed by atoms with Gasteiger partial charge >= 0.3 is 0 Å². The van der Waals surface area contributed by atoms with E-state index in [0.717, 1.165) is 16.5 Å². The zero-order valence-electron chi connectivity index (χ0n) is 13.9. The van der Waals surface area contributed by atoms with Crippen LogP contribution in [0, 0.1) is 6.92 Å². The Hall–Kier alpha value is -3.12. The lowest BCUT2D eigenvalue weighted by Gasteiger charge is -2.08. The highest BCUT2D eigenvalue weighted by atomic mass is 32.2. The van der Waals surface area contributed by atoms with Crippen molar-refractivity contribution >= 4 is 27.2 Å². The summed E-state index contributed by atoms with van der Waals surface area (Å²) in [6.45, 7) is 1.91. The number of hydrogen-bond donors (Lipinski definition) is 0. The Bertz CT molecular complexity index is 1210. The number of aldehydes is 1. The van der Waals surface area contributed by atoms with Gasteiger partial charge in [0.05, 0.1) is 10.4 Å². The van der Waals surface area contributed by atoms with E-state index in [-0.39, 0.29) is 10.7 Å². The normalized spacial score (nSPS) is 11.7. The molecule has 0 fully saturated rings. The molecule has 0 aliphatic rings. The molecule has 0 spiro atoms. The molecule has 0 aliphatic heterocycles. The SMILES string of the molecule is Cc1ccc(S(=O)(=O)n2ccc3cc(-c4ccc(C=O)o4)ccc32)cc1. The van der Waals surface area contributed by atoms with E-state index in [2.05, 4.69) is 0 Å². The number of aromatic nitrogens is 1. The van der Waals surface area contributed by atoms with E-state index in [1.807, 2.05) is 13.0 Å². The summed E-state index contributed by atoms with van der Waals surface area (Å²) in [5.41, 5.74) is 2.35. The summed E-state index contributed by atoms with van der Waals surface area (Å²) in [6.07, 6.45) is 2.19. The molecule has 5 nitrogen and oxygen atoms in total. The number of nitrogens with zero attached hydrogens (tertiary/aromatic N) is 1. The van der Waals surface area contributed by atoms with Gasteiger partial charge in [-0.2, -0.15) is 0 Å². The first-order valence-corrected chi connectivity index (χ1v) is 9.42. The van der Waals surface area contributed by atoms with Gasteiger partial charge in [0.1, 0.15) is 5.76 Å². The van der Waals surface area contributed by atoms with Gasteiger partial charge in [-0.1, -0.05) is 17.7 Å². The molecule has 0 aliphatic carbocycles. The van der Waals surface area contributed by atoms with Crippen LogP contribution in [0.4, 0.5) is 0 Å². The number of aryl methyl sites for hydroxylation is 1. The molecular formula is C20H15NO4S. The predicted octanol–water partition coefficient (Wildman–Crippen LogP) is 4.26. The molecule has 0 bridgehead atoms. The quantitative estimate of drug-likeness (QED) is 0.507. The average molecular weight is 365 g/mol. The lowest BCUT2D eigenvalue weighted by atomic mass is 10.1. The molecule has 2 aromatic carbocycles. The summed E-state index contributed by atoms with van der Waals surface area (Å²) in [7, 11) is -3.67. The van der Waals surface area contributed by atoms with Crippen molar-refractivity contribution in [2.24, 2.45) is 0 Å². The zero-order valence-corrected chi connectivity index (χ0v) is 14.7. The van der Waals surface area contributed by atoms with Crippen molar-refractivity contribution in [3.8, 4) is 11.3 Å². The second kappa shape index (κ2) is 6.00. The van der Waals surface area contributed by atoms with Crippen LogP contribution in [-0.4, -0.2) is 18.7 Å². The van der Waals surface area contributed by atoms with Crippen LogP contribution in [-0.2, 0) is 10.0 Å². The van der Waals surface area contributed by atoms with Crippen LogP contribution < -0.4 is 0 Å². The van der Waals surface area contributed by atoms with E-state index in [1.54, 1.807) is 60.8 Å². The Morgan fingerprint density at radius 2 is 1.73 bits per heavy atom. The Morgan fingerprint density at radius 1 is 0.962 bits per heavy atom. The van der Waals surface area contributed by atoms with Gasteiger partial charge in [0.15, 0.2) is 12.0 Å². The minimum atomic E-state index is -3.67. The molecule has 0 unspecified atom stereocenters. The number of rotatable bonds is 4. The van der Waals surface area contributed by atoms with E-state index < -0.39 is 10.0 Å². The first-order chi connectivity index (χ1) is 12.5. The molecule has 26 heavy (non-hydrogen) atoms. The largest absolute Gasteiger partial charge is 0.453 e. The summed E-state index contributed by atoms with van der Waals surface area (Å²) in [6, 6.07) is 17.2. The third-order valence-electron chi connectivity index (χ3n) is 4.26. The molecule has 4 aromatic rings. The molecular weight excluding hydrogens is 350 g/mol. The monoisotopic (exact) mass is 365 g/mol. The highest BCUT2D eigenvalue weighted by Gasteiger charge is 2.19. The molecule has 130 valence electrons. The fourth-order valence-electron chi connectivity index (χ4n) is 2.87. The number of fused-ring (bicyclic) bond motifs is 1. The molecule has 2 aromatic heterocycles. The van der Waals surface area contributed by atoms with Crippen LogP contribution >= 0.6 is 0 Å². The maximum Gasteiger partial charge on any atom is 0.268 e. The van der Waals surface area contributed by atoms with Gasteiger partial charge in [0.25, 0.3) is 10.0 Å². The van der Waals surface area contributed by atoms with Gasteiger partial charge in [-0.05, 0) is 55.5 Å². The van der Waals surface area contributed by atoms with Crippen molar-refractivity contribution in [2.45, 2.75) is 11.8 Å². The number of benzene rings is 2. The van der Waals surface area contributed by atoms with Gasteiger partial charge in [-0.25, -0.2) is 12.4 Å². The molecule has 4 rings (SSSR count). The molecule has 0 N–H and O–H groups in total. The van der Waals surface area contributed by atoms with Crippen molar-refractivity contribution in [2.75, 3.05) is 0 Å². The smallest absolute Gasteiger partial charge is 0.268 e. The van der Waals surface area contributed by atoms with Crippen LogP contribution in [0.3, 0.4) is 0 Å². The Kier molecular flexibility index (Phi) is 3.77. The molecule has 0 amide bonds. The van der Waals surface area contributed by atoms with Crippen LogP contribution in [0.2, 0.25) is 0 Å². The lowest BCUT2D eigenvalue weighted by molar-refractivity contribution is 0.110. The van der Waals surface area contributed by atoms with Crippen LogP contribution in [0.15, 0.2) is 76.2 Å². The lowest BCUT2D eigenvalue weighted by Crippen LogP contribution is -2.11. The topological polar surface area (TPSA) is 69.3 Å². The van der Waals surface area contributed by atoms with Crippen LogP contribution in [0.25, 0.3) is 22.2 Å². The first-order valence-electron chi connectivity index (χ1n) is 7.98. The first kappa shape index (κ1) is 16.4. The number of furan rings is 1. The van der Waals surface area contributed by atoms with Crippen molar-refractivity contribution < 1.29 is 17.6 Å². The van der Waals surface area contributed by atoms with Crippen molar-refractivity contribution in [1.29, 1.82) is 0 Å². The van der Waals surface area contributed by atoms with Gasteiger partial charge < -0.3 is 4.42 Å². The molecule has 2 heterocycles. The zero-order chi connectivity index (χ0) is 18.3. The molecule has 0 saturated carbocycles. The summed E-state index contributed by atoms with van der Waals surface area (Å²) in [5.74, 6) is 0.808. The highest BCUT2D eigenvalue weighted by molar-refractivity contribution is 7.90. The molecule has 0 atom stereocenters. The van der Waals surface area contributed by atoms with Gasteiger partial charge in [-0.15, -0.1) is 0 Å². The Balaban J connectivity index is 1.80. The van der Waals surface area contributed by atoms with Gasteiger partial charge in [-0.3, -0.25) is 4.79 Å². The van der Waals surface area contributed by atoms with Gasteiger partial charge in [0.2, 0.25) is 0 Å². The average Bonchev–Trinajstić information content (AvgIpc) is 3.28. The predicted molar refractivity (Wildman–Crippen MR) is 98.8 cm³/mol. The Morgan fingerprint density at radius 3 is 2.42 bits per heavy atom. The van der Waals surface area contributed by atoms with Crippen molar-refractivity contribution in [3.05, 3.63) is 78.2 Å². The van der Waals surface area contributed by atoms with Crippen molar-refractivity contribution in [3.63, 3.8) is 0 Å². The molecule has 0 radical (unpaired) electrons. The van der Waals surface area contributed by atoms with Crippen molar-refractivity contribution in [1.82, 2.24) is 3.97 Å². The van der Waals surface area contributed by atoms with E-state index in [0.29, 0.717) is 17.6 Å². The van der Waals surface area contributed by atoms with E-state index in [9.17, 15) is 13.2 Å². The van der Waals surface area contributed by atoms with Crippen LogP contribution in [0.1, 0.15) is 16.1 Å². The van der Waals surface area contributed by atoms with E-state index in [1.165, 1.54) is 3.97 Å². The second-order valence-corrected chi connectivity index (χ2v) is 7.84. The van der Waals surface area contributed by atoms with Crippen LogP contribution in [0.5, 0.6) is 0 Å². The maximum absolute atomic E-state index is 12.9. The maximum atomic E-state index is 12.9. The van der Waals surface area contributed by atoms with E-state index >= 15 is 0 Å². The summed E-state index contributed by atoms with van der Waals surface area (Å²) in [4.78, 5) is 11.0. The number of carbonyl (C=O) groups is 1. The Labute approximate surface area is 150 Å². The third-order valence-corrected chi connectivity index (χ3v) is 5.96. The molecule has 0 saturated heterocycles.